The van der Waals surface area contributed by atoms with Crippen LogP contribution in [0.5, 0.6) is 11.5 Å². The predicted octanol–water partition coefficient (Wildman–Crippen LogP) is 11.7. The maximum absolute atomic E-state index is 13.3. The first kappa shape index (κ1) is 64.0. The van der Waals surface area contributed by atoms with Gasteiger partial charge in [-0.15, -0.1) is 0 Å². The molecule has 4 heterocycles. The number of aryl methyl sites for hydroxylation is 6. The van der Waals surface area contributed by atoms with Crippen molar-refractivity contribution in [2.75, 3.05) is 22.7 Å². The van der Waals surface area contributed by atoms with E-state index < -0.39 is 47.2 Å². The molecule has 1 aliphatic heterocycles. The van der Waals surface area contributed by atoms with E-state index in [2.05, 4.69) is 9.62 Å². The number of ether oxygens (including phenoxy) is 1. The Kier molecular flexibility index (Phi) is 19.6. The summed E-state index contributed by atoms with van der Waals surface area (Å²) in [4.78, 5) is 54.8. The van der Waals surface area contributed by atoms with Crippen LogP contribution in [-0.2, 0) is 78.1 Å². The highest BCUT2D eigenvalue weighted by Gasteiger charge is 2.32. The minimum absolute atomic E-state index is 0.00778. The fraction of sp³-hybridized carbons (Fsp3) is 0.233. The van der Waals surface area contributed by atoms with Crippen LogP contribution in [0.3, 0.4) is 0 Å². The molecule has 7 aromatic carbocycles. The number of hydrogen-bond acceptors (Lipinski definition) is 16. The fourth-order valence-electron chi connectivity index (χ4n) is 9.55. The molecule has 26 heteroatoms. The second-order valence-corrected chi connectivity index (χ2v) is 29.0. The lowest BCUT2D eigenvalue weighted by Gasteiger charge is -2.30. The van der Waals surface area contributed by atoms with E-state index in [-0.39, 0.29) is 57.5 Å². The number of halogens is 3. The largest absolute Gasteiger partial charge is 0.457 e. The molecule has 0 radical (unpaired) electrons. The van der Waals surface area contributed by atoms with Gasteiger partial charge in [-0.05, 0) is 182 Å². The van der Waals surface area contributed by atoms with E-state index in [9.17, 15) is 52.8 Å². The number of carbonyl (C=O) groups excluding carboxylic acids is 2. The van der Waals surface area contributed by atoms with Gasteiger partial charge in [0.1, 0.15) is 11.5 Å². The van der Waals surface area contributed by atoms with E-state index in [4.69, 9.17) is 14.3 Å². The van der Waals surface area contributed by atoms with Crippen molar-refractivity contribution in [1.29, 1.82) is 0 Å². The van der Waals surface area contributed by atoms with Gasteiger partial charge in [0.15, 0.2) is 19.7 Å². The molecule has 0 atom stereocenters. The molecule has 0 aliphatic carbocycles. The summed E-state index contributed by atoms with van der Waals surface area (Å²) in [6, 6.07) is 36.5. The SMILES string of the molecule is Cc1ccc(C)c(CS(=O)(=O)c2ccc3c(c2)c(=O)sn3C)c1.Cc1ccccc1Oc1ccc(C(F)(F)F)cc1CS(=O)(=O)c1ccc2c(c1)c(=O)sn2C.Cn1sc(=O)c2cc(S(=O)(=O)Nc3ccccc3N3CCCCC3)ccc21.O=C=O. The molecular weight excluding hydrogens is 1230 g/mol. The van der Waals surface area contributed by atoms with Crippen molar-refractivity contribution in [3.05, 3.63) is 202 Å². The maximum Gasteiger partial charge on any atom is 0.416 e. The molecule has 11 rings (SSSR count). The third-order valence-corrected chi connectivity index (χ3v) is 21.3. The van der Waals surface area contributed by atoms with Crippen molar-refractivity contribution >= 4 is 115 Å². The summed E-state index contributed by atoms with van der Waals surface area (Å²) in [7, 11) is -6.12. The monoisotopic (exact) mass is 1290 g/mol. The number of para-hydroxylation sites is 3. The second-order valence-electron chi connectivity index (χ2n) is 20.1. The number of fused-ring (bicyclic) bond motifs is 3. The van der Waals surface area contributed by atoms with E-state index in [0.29, 0.717) is 27.7 Å². The Hall–Kier alpha value is -7.97. The molecule has 17 nitrogen and oxygen atoms in total. The number of rotatable bonds is 12. The molecular formula is C60H56F3N5O12S6. The van der Waals surface area contributed by atoms with Crippen LogP contribution in [0, 0.1) is 20.8 Å². The summed E-state index contributed by atoms with van der Waals surface area (Å²) in [5, 5.41) is 1.12. The van der Waals surface area contributed by atoms with Crippen LogP contribution in [-0.4, -0.2) is 56.4 Å². The van der Waals surface area contributed by atoms with Crippen LogP contribution >= 0.6 is 34.6 Å². The first-order chi connectivity index (χ1) is 40.6. The van der Waals surface area contributed by atoms with E-state index in [1.165, 1.54) is 36.8 Å². The van der Waals surface area contributed by atoms with Crippen LogP contribution in [0.25, 0.3) is 32.7 Å². The molecule has 3 aromatic heterocycles. The molecule has 450 valence electrons. The number of anilines is 2. The highest BCUT2D eigenvalue weighted by molar-refractivity contribution is 7.92. The molecule has 0 bridgehead atoms. The van der Waals surface area contributed by atoms with Crippen molar-refractivity contribution < 1.29 is 52.8 Å². The van der Waals surface area contributed by atoms with Crippen molar-refractivity contribution in [2.45, 2.75) is 72.4 Å². The first-order valence-electron chi connectivity index (χ1n) is 26.2. The van der Waals surface area contributed by atoms with E-state index in [1.54, 1.807) is 94.5 Å². The smallest absolute Gasteiger partial charge is 0.416 e. The van der Waals surface area contributed by atoms with Gasteiger partial charge in [0, 0.05) is 39.8 Å². The Bertz CT molecular complexity index is 4760. The van der Waals surface area contributed by atoms with Gasteiger partial charge in [0.25, 0.3) is 24.3 Å². The molecule has 0 saturated carbocycles. The molecule has 86 heavy (non-hydrogen) atoms. The lowest BCUT2D eigenvalue weighted by molar-refractivity contribution is -0.191. The zero-order valence-corrected chi connectivity index (χ0v) is 51.9. The van der Waals surface area contributed by atoms with Gasteiger partial charge in [-0.1, -0.05) is 54.1 Å². The number of sulfone groups is 2. The van der Waals surface area contributed by atoms with Crippen molar-refractivity contribution in [1.82, 2.24) is 11.9 Å². The third kappa shape index (κ3) is 14.8. The molecule has 10 aromatic rings. The van der Waals surface area contributed by atoms with E-state index >= 15 is 0 Å². The lowest BCUT2D eigenvalue weighted by Crippen LogP contribution is -2.30. The van der Waals surface area contributed by atoms with Crippen molar-refractivity contribution in [3.8, 4) is 11.5 Å². The normalized spacial score (nSPS) is 12.8. The lowest BCUT2D eigenvalue weighted by atomic mass is 10.1. The molecule has 0 spiro atoms. The first-order valence-corrected chi connectivity index (χ1v) is 33.3. The van der Waals surface area contributed by atoms with Crippen LogP contribution in [0.15, 0.2) is 169 Å². The number of aromatic nitrogens is 3. The summed E-state index contributed by atoms with van der Waals surface area (Å²) in [6.45, 7) is 7.47. The van der Waals surface area contributed by atoms with Crippen molar-refractivity contribution in [3.63, 3.8) is 0 Å². The van der Waals surface area contributed by atoms with Gasteiger partial charge in [-0.25, -0.2) is 25.3 Å². The summed E-state index contributed by atoms with van der Waals surface area (Å²) in [5.74, 6) is -0.377. The Morgan fingerprint density at radius 2 is 1.01 bits per heavy atom. The number of alkyl halides is 3. The number of sulfonamides is 1. The number of hydrogen-bond donors (Lipinski definition) is 1. The number of nitrogens with zero attached hydrogens (tertiary/aromatic N) is 4. The van der Waals surface area contributed by atoms with Gasteiger partial charge in [-0.2, -0.15) is 22.8 Å². The van der Waals surface area contributed by atoms with Crippen LogP contribution in [0.4, 0.5) is 24.5 Å². The number of benzene rings is 7. The zero-order chi connectivity index (χ0) is 62.5. The van der Waals surface area contributed by atoms with Crippen LogP contribution in [0.2, 0.25) is 0 Å². The minimum atomic E-state index is -4.65. The van der Waals surface area contributed by atoms with Gasteiger partial charge in [0.05, 0.1) is 75.8 Å². The molecule has 1 aliphatic rings. The Morgan fingerprint density at radius 1 is 0.535 bits per heavy atom. The summed E-state index contributed by atoms with van der Waals surface area (Å²) < 4.78 is 131. The summed E-state index contributed by atoms with van der Waals surface area (Å²) in [5.41, 5.74) is 5.93. The van der Waals surface area contributed by atoms with Crippen LogP contribution in [0.1, 0.15) is 52.6 Å². The maximum atomic E-state index is 13.3. The molecule has 0 unspecified atom stereocenters. The fourth-order valence-corrected chi connectivity index (χ4v) is 15.8. The summed E-state index contributed by atoms with van der Waals surface area (Å²) in [6.07, 6.45) is -0.972. The quantitative estimate of drug-likeness (QED) is 0.120. The Balaban J connectivity index is 0.000000166. The molecule has 1 fully saturated rings. The molecule has 0 amide bonds. The highest BCUT2D eigenvalue weighted by Crippen LogP contribution is 2.37. The topological polar surface area (TPSA) is 227 Å². The van der Waals surface area contributed by atoms with Gasteiger partial charge in [-0.3, -0.25) is 31.0 Å². The zero-order valence-electron chi connectivity index (χ0n) is 47.0. The Morgan fingerprint density at radius 3 is 1.53 bits per heavy atom. The van der Waals surface area contributed by atoms with Gasteiger partial charge in [0.2, 0.25) is 0 Å². The van der Waals surface area contributed by atoms with E-state index in [1.807, 2.05) is 50.2 Å². The number of piperidine rings is 1. The van der Waals surface area contributed by atoms with Crippen molar-refractivity contribution in [2.24, 2.45) is 21.1 Å². The average Bonchev–Trinajstić information content (AvgIpc) is 2.06. The molecule has 1 N–H and O–H groups in total. The minimum Gasteiger partial charge on any atom is -0.457 e. The second kappa shape index (κ2) is 26.3. The predicted molar refractivity (Wildman–Crippen MR) is 330 cm³/mol. The Labute approximate surface area is 505 Å². The van der Waals surface area contributed by atoms with Gasteiger partial charge >= 0.3 is 12.3 Å². The van der Waals surface area contributed by atoms with Crippen LogP contribution < -0.4 is 28.6 Å². The standard InChI is InChI=1S/C23H18F3NO4S2.C19H21N3O3S2.C17H17NO3S2.CO2/c1-14-5-3-4-6-20(14)31-21-10-7-16(23(24,25)26)11-15(21)13-33(29,30)17-8-9-19-18(12-17)22(28)32-27(19)2;1-21-17-10-9-14(13-15(17)19(23)26-21)27(24,25)20-16-7-3-4-8-18(16)22-11-5-2-6-12-22;1-11-4-5-12(2)13(8-11)10-23(20,21)14-6-7-16-15(9-14)17(19)22-18(16)3;2-1-3/h3-12H,13H2,1-2H3;3-4,7-10,13,20H,2,5-6,11-12H2,1H3;4-9H,10H2,1-3H3;. The van der Waals surface area contributed by atoms with E-state index in [0.717, 1.165) is 118 Å². The highest BCUT2D eigenvalue weighted by atomic mass is 32.2. The third-order valence-electron chi connectivity index (χ3n) is 14.0. The molecule has 1 saturated heterocycles. The van der Waals surface area contributed by atoms with Gasteiger partial charge < -0.3 is 9.64 Å². The number of nitrogens with one attached hydrogen (secondary N) is 1. The summed E-state index contributed by atoms with van der Waals surface area (Å²) >= 11 is 3.08. The average molecular weight is 1290 g/mol.